The molecule has 1 fully saturated rings. The molecule has 0 bridgehead atoms. The summed E-state index contributed by atoms with van der Waals surface area (Å²) in [5.74, 6) is -0.761. The lowest BCUT2D eigenvalue weighted by Crippen LogP contribution is -2.53. The van der Waals surface area contributed by atoms with Crippen LogP contribution in [-0.2, 0) is 9.53 Å². The van der Waals surface area contributed by atoms with Gasteiger partial charge >= 0.3 is 5.97 Å². The van der Waals surface area contributed by atoms with Crippen LogP contribution in [0.4, 0.5) is 0 Å². The molecular formula is C16H32N2O3. The lowest BCUT2D eigenvalue weighted by atomic mass is 9.93. The monoisotopic (exact) mass is 300 g/mol. The molecule has 21 heavy (non-hydrogen) atoms. The van der Waals surface area contributed by atoms with Gasteiger partial charge in [0, 0.05) is 18.1 Å². The minimum atomic E-state index is -0.825. The second kappa shape index (κ2) is 7.56. The zero-order chi connectivity index (χ0) is 16.1. The van der Waals surface area contributed by atoms with Crippen molar-refractivity contribution in [2.45, 2.75) is 71.0 Å². The van der Waals surface area contributed by atoms with Crippen LogP contribution in [-0.4, -0.2) is 59.4 Å². The van der Waals surface area contributed by atoms with Gasteiger partial charge in [0.05, 0.1) is 13.2 Å². The fourth-order valence-corrected chi connectivity index (χ4v) is 2.96. The van der Waals surface area contributed by atoms with Crippen molar-refractivity contribution in [2.24, 2.45) is 0 Å². The Kier molecular flexibility index (Phi) is 6.63. The molecule has 0 saturated carbocycles. The van der Waals surface area contributed by atoms with E-state index in [4.69, 9.17) is 4.74 Å². The van der Waals surface area contributed by atoms with Gasteiger partial charge in [-0.25, -0.2) is 0 Å². The number of nitrogens with one attached hydrogen (secondary N) is 1. The Hall–Kier alpha value is -0.650. The Bertz CT molecular complexity index is 344. The number of hydrogen-bond acceptors (Lipinski definition) is 4. The number of carboxylic acid groups (broad SMARTS) is 1. The molecule has 0 aromatic carbocycles. The van der Waals surface area contributed by atoms with Crippen molar-refractivity contribution in [3.05, 3.63) is 0 Å². The third kappa shape index (κ3) is 5.57. The van der Waals surface area contributed by atoms with Crippen LogP contribution in [0.2, 0.25) is 0 Å². The van der Waals surface area contributed by atoms with Crippen molar-refractivity contribution in [3.63, 3.8) is 0 Å². The van der Waals surface area contributed by atoms with Crippen LogP contribution in [0.3, 0.4) is 0 Å². The average Bonchev–Trinajstić information content (AvgIpc) is 2.34. The van der Waals surface area contributed by atoms with Crippen LogP contribution in [0, 0.1) is 0 Å². The van der Waals surface area contributed by atoms with E-state index in [2.05, 4.69) is 24.1 Å². The minimum absolute atomic E-state index is 0.0878. The smallest absolute Gasteiger partial charge is 0.323 e. The molecule has 1 unspecified atom stereocenters. The second-order valence-corrected chi connectivity index (χ2v) is 7.25. The molecule has 1 atom stereocenters. The van der Waals surface area contributed by atoms with Gasteiger partial charge in [0.15, 0.2) is 0 Å². The van der Waals surface area contributed by atoms with Gasteiger partial charge in [-0.05, 0) is 60.4 Å². The summed E-state index contributed by atoms with van der Waals surface area (Å²) < 4.78 is 5.52. The summed E-state index contributed by atoms with van der Waals surface area (Å²) in [5, 5.41) is 12.6. The molecule has 5 heteroatoms. The Labute approximate surface area is 129 Å². The molecule has 1 rings (SSSR count). The van der Waals surface area contributed by atoms with Crippen molar-refractivity contribution in [1.82, 2.24) is 10.2 Å². The van der Waals surface area contributed by atoms with E-state index in [1.54, 1.807) is 6.92 Å². The maximum Gasteiger partial charge on any atom is 0.323 e. The van der Waals surface area contributed by atoms with Gasteiger partial charge in [0.2, 0.25) is 0 Å². The first kappa shape index (κ1) is 18.4. The zero-order valence-electron chi connectivity index (χ0n) is 14.2. The highest BCUT2D eigenvalue weighted by molar-refractivity contribution is 5.78. The van der Waals surface area contributed by atoms with Crippen LogP contribution in [0.15, 0.2) is 0 Å². The second-order valence-electron chi connectivity index (χ2n) is 7.25. The third-order valence-electron chi connectivity index (χ3n) is 4.25. The van der Waals surface area contributed by atoms with E-state index in [0.29, 0.717) is 6.42 Å². The number of morpholine rings is 1. The van der Waals surface area contributed by atoms with E-state index < -0.39 is 11.5 Å². The molecule has 0 spiro atoms. The molecule has 1 aliphatic heterocycles. The normalized spacial score (nSPS) is 22.2. The van der Waals surface area contributed by atoms with Crippen LogP contribution in [0.1, 0.15) is 53.9 Å². The highest BCUT2D eigenvalue weighted by Crippen LogP contribution is 2.21. The molecule has 5 nitrogen and oxygen atoms in total. The van der Waals surface area contributed by atoms with E-state index in [1.807, 2.05) is 13.8 Å². The Morgan fingerprint density at radius 3 is 2.62 bits per heavy atom. The highest BCUT2D eigenvalue weighted by Gasteiger charge is 2.33. The van der Waals surface area contributed by atoms with Gasteiger partial charge in [-0.15, -0.1) is 0 Å². The number of aliphatic carboxylic acids is 1. The molecule has 1 aliphatic rings. The largest absolute Gasteiger partial charge is 0.480 e. The van der Waals surface area contributed by atoms with Gasteiger partial charge in [-0.3, -0.25) is 15.0 Å². The summed E-state index contributed by atoms with van der Waals surface area (Å²) in [7, 11) is 0. The number of ether oxygens (including phenoxy) is 1. The van der Waals surface area contributed by atoms with Gasteiger partial charge in [0.25, 0.3) is 0 Å². The number of carboxylic acids is 1. The maximum atomic E-state index is 11.5. The quantitative estimate of drug-likeness (QED) is 0.672. The van der Waals surface area contributed by atoms with Gasteiger partial charge < -0.3 is 9.84 Å². The van der Waals surface area contributed by atoms with Crippen LogP contribution in [0.5, 0.6) is 0 Å². The van der Waals surface area contributed by atoms with E-state index in [1.165, 1.54) is 0 Å². The predicted octanol–water partition coefficient (Wildman–Crippen LogP) is 2.11. The Balaban J connectivity index is 2.39. The average molecular weight is 300 g/mol. The predicted molar refractivity (Wildman–Crippen MR) is 84.6 cm³/mol. The van der Waals surface area contributed by atoms with Gasteiger partial charge in [-0.2, -0.15) is 0 Å². The molecule has 0 aromatic heterocycles. The highest BCUT2D eigenvalue weighted by atomic mass is 16.5. The minimum Gasteiger partial charge on any atom is -0.480 e. The number of nitrogens with zero attached hydrogens (tertiary/aromatic N) is 1. The van der Waals surface area contributed by atoms with Crippen molar-refractivity contribution in [1.29, 1.82) is 0 Å². The van der Waals surface area contributed by atoms with Gasteiger partial charge in [0.1, 0.15) is 5.54 Å². The van der Waals surface area contributed by atoms with Crippen LogP contribution < -0.4 is 5.32 Å². The number of carbonyl (C=O) groups is 1. The third-order valence-corrected chi connectivity index (χ3v) is 4.25. The first-order valence-corrected chi connectivity index (χ1v) is 8.01. The lowest BCUT2D eigenvalue weighted by molar-refractivity contribution is -0.144. The molecule has 0 radical (unpaired) electrons. The standard InChI is InChI=1S/C16H32N2O3/c1-13(2)17-16(5,14(19)20)8-6-7-9-18-10-11-21-12-15(18,3)4/h13,17H,6-12H2,1-5H3,(H,19,20). The van der Waals surface area contributed by atoms with Crippen molar-refractivity contribution >= 4 is 5.97 Å². The van der Waals surface area contributed by atoms with Crippen molar-refractivity contribution < 1.29 is 14.6 Å². The van der Waals surface area contributed by atoms with Crippen molar-refractivity contribution in [3.8, 4) is 0 Å². The summed E-state index contributed by atoms with van der Waals surface area (Å²) in [5.41, 5.74) is -0.737. The maximum absolute atomic E-state index is 11.5. The van der Waals surface area contributed by atoms with E-state index in [-0.39, 0.29) is 11.6 Å². The Morgan fingerprint density at radius 1 is 1.43 bits per heavy atom. The molecule has 0 aromatic rings. The number of unbranched alkanes of at least 4 members (excludes halogenated alkanes) is 1. The molecule has 124 valence electrons. The molecule has 1 saturated heterocycles. The fourth-order valence-electron chi connectivity index (χ4n) is 2.96. The summed E-state index contributed by atoms with van der Waals surface area (Å²) >= 11 is 0. The number of hydrogen-bond donors (Lipinski definition) is 2. The summed E-state index contributed by atoms with van der Waals surface area (Å²) in [6.07, 6.45) is 2.59. The molecule has 0 aliphatic carbocycles. The molecule has 2 N–H and O–H groups in total. The fraction of sp³-hybridized carbons (Fsp3) is 0.938. The summed E-state index contributed by atoms with van der Waals surface area (Å²) in [4.78, 5) is 13.9. The SMILES string of the molecule is CC(C)NC(C)(CCCCN1CCOCC1(C)C)C(=O)O. The molecule has 0 amide bonds. The summed E-state index contributed by atoms with van der Waals surface area (Å²) in [6.45, 7) is 13.7. The molecular weight excluding hydrogens is 268 g/mol. The van der Waals surface area contributed by atoms with Crippen molar-refractivity contribution in [2.75, 3.05) is 26.3 Å². The first-order valence-electron chi connectivity index (χ1n) is 8.01. The van der Waals surface area contributed by atoms with Crippen LogP contribution in [0.25, 0.3) is 0 Å². The summed E-state index contributed by atoms with van der Waals surface area (Å²) in [6, 6.07) is 0.171. The topological polar surface area (TPSA) is 61.8 Å². The molecule has 1 heterocycles. The number of rotatable bonds is 8. The van der Waals surface area contributed by atoms with Crippen LogP contribution >= 0.6 is 0 Å². The lowest BCUT2D eigenvalue weighted by Gasteiger charge is -2.42. The van der Waals surface area contributed by atoms with E-state index >= 15 is 0 Å². The van der Waals surface area contributed by atoms with E-state index in [0.717, 1.165) is 39.1 Å². The zero-order valence-corrected chi connectivity index (χ0v) is 14.2. The first-order chi connectivity index (χ1) is 9.67. The van der Waals surface area contributed by atoms with E-state index in [9.17, 15) is 9.90 Å². The van der Waals surface area contributed by atoms with Gasteiger partial charge in [-0.1, -0.05) is 0 Å². The Morgan fingerprint density at radius 2 is 2.10 bits per heavy atom.